The van der Waals surface area contributed by atoms with Crippen LogP contribution in [0.25, 0.3) is 11.1 Å². The molecule has 3 aromatic rings. The Morgan fingerprint density at radius 1 is 0.939 bits per heavy atom. The normalized spacial score (nSPS) is 10.9. The maximum Gasteiger partial charge on any atom is 0.410 e. The summed E-state index contributed by atoms with van der Waals surface area (Å²) >= 11 is 0. The van der Waals surface area contributed by atoms with E-state index >= 15 is 0 Å². The molecule has 0 aliphatic carbocycles. The topological polar surface area (TPSA) is 38.8 Å². The van der Waals surface area contributed by atoms with E-state index in [1.54, 1.807) is 30.2 Å². The van der Waals surface area contributed by atoms with E-state index in [0.717, 1.165) is 33.6 Å². The summed E-state index contributed by atoms with van der Waals surface area (Å²) in [6.45, 7) is 6.47. The molecule has 0 heterocycles. The van der Waals surface area contributed by atoms with E-state index in [1.165, 1.54) is 12.7 Å². The molecule has 0 saturated carbocycles. The van der Waals surface area contributed by atoms with Gasteiger partial charge in [-0.3, -0.25) is 4.90 Å². The molecule has 0 saturated heterocycles. The van der Waals surface area contributed by atoms with Crippen LogP contribution in [-0.2, 0) is 24.5 Å². The molecule has 0 bridgehead atoms. The van der Waals surface area contributed by atoms with Gasteiger partial charge in [-0.05, 0) is 52.8 Å². The molecule has 0 radical (unpaired) electrons. The quantitative estimate of drug-likeness (QED) is 0.370. The third kappa shape index (κ3) is 5.92. The van der Waals surface area contributed by atoms with Crippen LogP contribution < -0.4 is 4.74 Å². The largest absolute Gasteiger partial charge is 0.496 e. The molecule has 0 aliphatic rings. The highest BCUT2D eigenvalue weighted by molar-refractivity contribution is 5.75. The van der Waals surface area contributed by atoms with Crippen LogP contribution in [0.5, 0.6) is 5.75 Å². The van der Waals surface area contributed by atoms with Crippen LogP contribution in [0.2, 0.25) is 0 Å². The Morgan fingerprint density at radius 2 is 1.70 bits per heavy atom. The average Bonchev–Trinajstić information content (AvgIpc) is 2.83. The van der Waals surface area contributed by atoms with Crippen LogP contribution in [-0.4, -0.2) is 25.2 Å². The van der Waals surface area contributed by atoms with Crippen LogP contribution >= 0.6 is 0 Å². The fourth-order valence-corrected chi connectivity index (χ4v) is 3.96. The van der Waals surface area contributed by atoms with E-state index in [9.17, 15) is 9.18 Å². The molecule has 0 fully saturated rings. The molecule has 3 rings (SSSR count). The predicted molar refractivity (Wildman–Crippen MR) is 130 cm³/mol. The van der Waals surface area contributed by atoms with Crippen molar-refractivity contribution in [1.29, 1.82) is 0 Å². The van der Waals surface area contributed by atoms with E-state index in [0.29, 0.717) is 24.6 Å². The van der Waals surface area contributed by atoms with Gasteiger partial charge in [0.2, 0.25) is 0 Å². The molecule has 0 unspecified atom stereocenters. The lowest BCUT2D eigenvalue weighted by Crippen LogP contribution is -2.30. The number of aryl methyl sites for hydroxylation is 1. The van der Waals surface area contributed by atoms with Crippen molar-refractivity contribution in [2.75, 3.05) is 14.2 Å². The van der Waals surface area contributed by atoms with Gasteiger partial charge in [0.1, 0.15) is 12.4 Å². The van der Waals surface area contributed by atoms with Gasteiger partial charge in [0.15, 0.2) is 0 Å². The molecular weight excluding hydrogens is 417 g/mol. The summed E-state index contributed by atoms with van der Waals surface area (Å²) in [6, 6.07) is 19.7. The van der Waals surface area contributed by atoms with E-state index < -0.39 is 12.8 Å². The fraction of sp³-hybridized carbons (Fsp3) is 0.321. The van der Waals surface area contributed by atoms with Crippen LogP contribution in [0.4, 0.5) is 9.18 Å². The summed E-state index contributed by atoms with van der Waals surface area (Å²) in [5, 5.41) is 0. The highest BCUT2D eigenvalue weighted by Gasteiger charge is 2.19. The first-order valence-corrected chi connectivity index (χ1v) is 11.1. The van der Waals surface area contributed by atoms with Gasteiger partial charge in [-0.15, -0.1) is 0 Å². The SMILES string of the molecule is COC(=O)N(Cc1cccc(CF)c1)Cc1cc(C)ccc1-c1cc(C(C)C)ccc1OC. The fourth-order valence-electron chi connectivity index (χ4n) is 3.96. The number of benzene rings is 3. The highest BCUT2D eigenvalue weighted by atomic mass is 19.1. The number of hydrogen-bond acceptors (Lipinski definition) is 3. The standard InChI is InChI=1S/C28H32FNO3/c1-19(2)23-10-12-27(32-4)26(15-23)25-11-9-20(3)13-24(25)18-30(28(31)33-5)17-22-8-6-7-21(14-22)16-29/h6-15,19H,16-18H2,1-5H3. The van der Waals surface area contributed by atoms with Crippen molar-refractivity contribution in [3.63, 3.8) is 0 Å². The number of amides is 1. The van der Waals surface area contributed by atoms with E-state index in [4.69, 9.17) is 9.47 Å². The Labute approximate surface area is 196 Å². The second-order valence-corrected chi connectivity index (χ2v) is 8.55. The van der Waals surface area contributed by atoms with Gasteiger partial charge in [0.05, 0.1) is 14.2 Å². The number of hydrogen-bond donors (Lipinski definition) is 0. The number of alkyl halides is 1. The Morgan fingerprint density at radius 3 is 2.36 bits per heavy atom. The number of carbonyl (C=O) groups excluding carboxylic acids is 1. The van der Waals surface area contributed by atoms with E-state index in [2.05, 4.69) is 44.2 Å². The average molecular weight is 450 g/mol. The monoisotopic (exact) mass is 449 g/mol. The Hall–Kier alpha value is -3.34. The second-order valence-electron chi connectivity index (χ2n) is 8.55. The minimum atomic E-state index is -0.542. The van der Waals surface area contributed by atoms with Crippen LogP contribution in [0.1, 0.15) is 47.6 Å². The van der Waals surface area contributed by atoms with Crippen molar-refractivity contribution >= 4 is 6.09 Å². The number of halogens is 1. The first-order chi connectivity index (χ1) is 15.9. The van der Waals surface area contributed by atoms with Gasteiger partial charge >= 0.3 is 6.09 Å². The molecule has 0 aromatic heterocycles. The molecule has 1 amide bonds. The third-order valence-corrected chi connectivity index (χ3v) is 5.75. The molecule has 0 N–H and O–H groups in total. The van der Waals surface area contributed by atoms with Gasteiger partial charge in [-0.25, -0.2) is 9.18 Å². The van der Waals surface area contributed by atoms with Crippen LogP contribution in [0.3, 0.4) is 0 Å². The number of methoxy groups -OCH3 is 2. The van der Waals surface area contributed by atoms with Crippen molar-refractivity contribution < 1.29 is 18.7 Å². The Bertz CT molecular complexity index is 1110. The molecule has 5 heteroatoms. The van der Waals surface area contributed by atoms with Gasteiger partial charge in [-0.2, -0.15) is 0 Å². The van der Waals surface area contributed by atoms with E-state index in [-0.39, 0.29) is 0 Å². The van der Waals surface area contributed by atoms with Crippen LogP contribution in [0.15, 0.2) is 60.7 Å². The number of carbonyl (C=O) groups is 1. The zero-order valence-corrected chi connectivity index (χ0v) is 20.0. The molecule has 0 atom stereocenters. The lowest BCUT2D eigenvalue weighted by atomic mass is 9.92. The maximum atomic E-state index is 13.1. The lowest BCUT2D eigenvalue weighted by molar-refractivity contribution is 0.118. The highest BCUT2D eigenvalue weighted by Crippen LogP contribution is 2.36. The predicted octanol–water partition coefficient (Wildman–Crippen LogP) is 7.03. The summed E-state index contributed by atoms with van der Waals surface area (Å²) in [7, 11) is 3.04. The molecular formula is C28H32FNO3. The molecule has 4 nitrogen and oxygen atoms in total. The van der Waals surface area contributed by atoms with Crippen molar-refractivity contribution in [3.05, 3.63) is 88.5 Å². The third-order valence-electron chi connectivity index (χ3n) is 5.75. The minimum Gasteiger partial charge on any atom is -0.496 e. The number of ether oxygens (including phenoxy) is 2. The Kier molecular flexibility index (Phi) is 8.10. The molecule has 0 spiro atoms. The molecule has 0 aliphatic heterocycles. The van der Waals surface area contributed by atoms with Crippen molar-refractivity contribution in [1.82, 2.24) is 4.90 Å². The van der Waals surface area contributed by atoms with Crippen molar-refractivity contribution in [2.45, 2.75) is 46.5 Å². The lowest BCUT2D eigenvalue weighted by Gasteiger charge is -2.24. The second kappa shape index (κ2) is 11.0. The summed E-state index contributed by atoms with van der Waals surface area (Å²) in [6.07, 6.45) is -0.434. The molecule has 174 valence electrons. The van der Waals surface area contributed by atoms with Gasteiger partial charge in [-0.1, -0.05) is 67.9 Å². The zero-order chi connectivity index (χ0) is 24.0. The number of nitrogens with zero attached hydrogens (tertiary/aromatic N) is 1. The first kappa shape index (κ1) is 24.3. The zero-order valence-electron chi connectivity index (χ0n) is 20.0. The van der Waals surface area contributed by atoms with Gasteiger partial charge < -0.3 is 9.47 Å². The van der Waals surface area contributed by atoms with Gasteiger partial charge in [0, 0.05) is 18.7 Å². The Balaban J connectivity index is 2.04. The summed E-state index contributed by atoms with van der Waals surface area (Å²) < 4.78 is 23.9. The molecule has 33 heavy (non-hydrogen) atoms. The summed E-state index contributed by atoms with van der Waals surface area (Å²) in [4.78, 5) is 14.3. The van der Waals surface area contributed by atoms with Crippen LogP contribution in [0, 0.1) is 6.92 Å². The first-order valence-electron chi connectivity index (χ1n) is 11.1. The maximum absolute atomic E-state index is 13.1. The van der Waals surface area contributed by atoms with Crippen molar-refractivity contribution in [3.8, 4) is 16.9 Å². The summed E-state index contributed by atoms with van der Waals surface area (Å²) in [5.74, 6) is 1.16. The van der Waals surface area contributed by atoms with Gasteiger partial charge in [0.25, 0.3) is 0 Å². The smallest absolute Gasteiger partial charge is 0.410 e. The molecule has 3 aromatic carbocycles. The van der Waals surface area contributed by atoms with Crippen molar-refractivity contribution in [2.24, 2.45) is 0 Å². The van der Waals surface area contributed by atoms with E-state index in [1.807, 2.05) is 19.1 Å². The minimum absolute atomic E-state index is 0.317. The summed E-state index contributed by atoms with van der Waals surface area (Å²) in [5.41, 5.74) is 6.73. The number of rotatable bonds is 8.